The quantitative estimate of drug-likeness (QED) is 0.171. The number of Topliss-reactive ketones (excluding diaryl/α,β-unsaturated/α-hetero) is 1. The van der Waals surface area contributed by atoms with E-state index in [1.165, 1.54) is 12.3 Å². The van der Waals surface area contributed by atoms with Crippen LogP contribution in [-0.4, -0.2) is 82.1 Å². The second kappa shape index (κ2) is 13.2. The van der Waals surface area contributed by atoms with E-state index in [0.29, 0.717) is 53.5 Å². The summed E-state index contributed by atoms with van der Waals surface area (Å²) >= 11 is 1.61. The first-order valence-electron chi connectivity index (χ1n) is 15.0. The molecule has 6 rings (SSSR count). The van der Waals surface area contributed by atoms with Crippen LogP contribution in [0.3, 0.4) is 0 Å². The minimum absolute atomic E-state index is 0.0352. The predicted octanol–water partition coefficient (Wildman–Crippen LogP) is 4.51. The van der Waals surface area contributed by atoms with Crippen LogP contribution in [0.5, 0.6) is 0 Å². The van der Waals surface area contributed by atoms with Crippen molar-refractivity contribution in [3.63, 3.8) is 0 Å². The summed E-state index contributed by atoms with van der Waals surface area (Å²) in [6.45, 7) is 9.11. The molecule has 1 atom stereocenters. The third-order valence-electron chi connectivity index (χ3n) is 8.16. The summed E-state index contributed by atoms with van der Waals surface area (Å²) in [5.74, 6) is 0.384. The van der Waals surface area contributed by atoms with Crippen molar-refractivity contribution in [3.05, 3.63) is 71.7 Å². The maximum atomic E-state index is 13.6. The van der Waals surface area contributed by atoms with Gasteiger partial charge in [-0.25, -0.2) is 27.6 Å². The van der Waals surface area contributed by atoms with E-state index in [1.54, 1.807) is 22.0 Å². The van der Waals surface area contributed by atoms with Crippen molar-refractivity contribution in [1.29, 1.82) is 0 Å². The van der Waals surface area contributed by atoms with Crippen LogP contribution in [0, 0.1) is 0 Å². The zero-order valence-electron chi connectivity index (χ0n) is 25.5. The molecule has 45 heavy (non-hydrogen) atoms. The number of pyridine rings is 1. The van der Waals surface area contributed by atoms with Crippen LogP contribution in [0.2, 0.25) is 0 Å². The maximum Gasteiger partial charge on any atom is 0.217 e. The van der Waals surface area contributed by atoms with Gasteiger partial charge in [-0.2, -0.15) is 5.10 Å². The monoisotopic (exact) mass is 648 g/mol. The Morgan fingerprint density at radius 2 is 1.98 bits per heavy atom. The number of ketones is 1. The molecule has 0 aromatic carbocycles. The highest BCUT2D eigenvalue weighted by Gasteiger charge is 2.32. The van der Waals surface area contributed by atoms with Crippen LogP contribution in [0.1, 0.15) is 49.7 Å². The van der Waals surface area contributed by atoms with Crippen molar-refractivity contribution < 1.29 is 17.7 Å². The summed E-state index contributed by atoms with van der Waals surface area (Å²) in [7, 11) is -3.61. The lowest BCUT2D eigenvalue weighted by Gasteiger charge is -2.40. The van der Waals surface area contributed by atoms with Gasteiger partial charge in [0.25, 0.3) is 0 Å². The van der Waals surface area contributed by atoms with Crippen molar-refractivity contribution in [3.8, 4) is 21.8 Å². The Kier molecular flexibility index (Phi) is 9.08. The molecule has 1 fully saturated rings. The fourth-order valence-electron chi connectivity index (χ4n) is 5.64. The summed E-state index contributed by atoms with van der Waals surface area (Å²) in [5, 5.41) is 10.2. The number of hydrogen-bond donors (Lipinski definition) is 1. The highest BCUT2D eigenvalue weighted by molar-refractivity contribution is 7.88. The van der Waals surface area contributed by atoms with E-state index in [4.69, 9.17) is 14.5 Å². The Labute approximate surface area is 266 Å². The standard InChI is InChI=1S/C31H36N8O4S2/c1-4-37(5-2)21(3)8-9-28(40)22-15-27(25-17-32-39-12-10-26(34-31(25)39)29-7-6-14-44-29)33-30(16-22)38-18-24(19-38)36-45(41,42)20-23-11-13-43-35-23/h6-7,10-17,21,24,36H,4-5,8-9,18-20H2,1-3H3/t21-/m0/s1. The third kappa shape index (κ3) is 6.98. The normalized spacial score (nSPS) is 14.7. The molecule has 0 bridgehead atoms. The Bertz CT molecular complexity index is 1860. The second-order valence-electron chi connectivity index (χ2n) is 11.2. The summed E-state index contributed by atoms with van der Waals surface area (Å²) in [6.07, 6.45) is 6.09. The largest absolute Gasteiger partial charge is 0.364 e. The highest BCUT2D eigenvalue weighted by Crippen LogP contribution is 2.31. The van der Waals surface area contributed by atoms with Gasteiger partial charge in [-0.1, -0.05) is 25.1 Å². The first kappa shape index (κ1) is 31.0. The molecular formula is C31H36N8O4S2. The van der Waals surface area contributed by atoms with Crippen LogP contribution < -0.4 is 9.62 Å². The van der Waals surface area contributed by atoms with Gasteiger partial charge in [0, 0.05) is 43.4 Å². The number of hydrogen-bond acceptors (Lipinski definition) is 11. The molecule has 0 unspecified atom stereocenters. The molecule has 6 heterocycles. The van der Waals surface area contributed by atoms with E-state index in [1.807, 2.05) is 46.8 Å². The van der Waals surface area contributed by atoms with E-state index in [9.17, 15) is 13.2 Å². The Balaban J connectivity index is 1.27. The number of rotatable bonds is 14. The molecule has 0 spiro atoms. The molecule has 1 aliphatic rings. The van der Waals surface area contributed by atoms with Crippen molar-refractivity contribution in [2.24, 2.45) is 0 Å². The fraction of sp³-hybridized carbons (Fsp3) is 0.387. The predicted molar refractivity (Wildman–Crippen MR) is 174 cm³/mol. The molecule has 1 aliphatic heterocycles. The lowest BCUT2D eigenvalue weighted by Crippen LogP contribution is -2.59. The second-order valence-corrected chi connectivity index (χ2v) is 13.9. The SMILES string of the molecule is CCN(CC)[C@@H](C)CCC(=O)c1cc(-c2cnn3ccc(-c4cccs4)nc23)nc(N2CC(NS(=O)(=O)Cc3ccon3)C2)c1. The molecule has 12 nitrogen and oxygen atoms in total. The van der Waals surface area contributed by atoms with Gasteiger partial charge in [-0.05, 0) is 56.1 Å². The summed E-state index contributed by atoms with van der Waals surface area (Å²) < 4.78 is 34.5. The van der Waals surface area contributed by atoms with Gasteiger partial charge in [-0.3, -0.25) is 4.79 Å². The first-order chi connectivity index (χ1) is 21.7. The molecule has 0 saturated carbocycles. The number of nitrogens with one attached hydrogen (secondary N) is 1. The zero-order valence-corrected chi connectivity index (χ0v) is 27.1. The van der Waals surface area contributed by atoms with E-state index in [2.05, 4.69) is 40.6 Å². The van der Waals surface area contributed by atoms with Gasteiger partial charge in [0.05, 0.1) is 39.8 Å². The first-order valence-corrected chi connectivity index (χ1v) is 17.6. The summed E-state index contributed by atoms with van der Waals surface area (Å²) in [4.78, 5) is 28.8. The van der Waals surface area contributed by atoms with Crippen LogP contribution in [0.4, 0.5) is 5.82 Å². The van der Waals surface area contributed by atoms with Gasteiger partial charge in [0.2, 0.25) is 10.0 Å². The van der Waals surface area contributed by atoms with Gasteiger partial charge < -0.3 is 14.3 Å². The maximum absolute atomic E-state index is 13.6. The number of nitrogens with zero attached hydrogens (tertiary/aromatic N) is 7. The molecule has 1 saturated heterocycles. The summed E-state index contributed by atoms with van der Waals surface area (Å²) in [5.41, 5.74) is 3.68. The van der Waals surface area contributed by atoms with Gasteiger partial charge >= 0.3 is 0 Å². The molecule has 0 amide bonds. The van der Waals surface area contributed by atoms with Gasteiger partial charge in [0.1, 0.15) is 17.8 Å². The zero-order chi connectivity index (χ0) is 31.6. The molecule has 5 aromatic heterocycles. The average Bonchev–Trinajstić information content (AvgIpc) is 3.80. The number of aromatic nitrogens is 5. The molecule has 14 heteroatoms. The lowest BCUT2D eigenvalue weighted by molar-refractivity contribution is 0.0964. The van der Waals surface area contributed by atoms with E-state index >= 15 is 0 Å². The van der Waals surface area contributed by atoms with Crippen molar-refractivity contribution in [1.82, 2.24) is 34.4 Å². The smallest absolute Gasteiger partial charge is 0.217 e. The molecule has 1 N–H and O–H groups in total. The Morgan fingerprint density at radius 1 is 1.16 bits per heavy atom. The van der Waals surface area contributed by atoms with Crippen LogP contribution in [0.25, 0.3) is 27.5 Å². The van der Waals surface area contributed by atoms with Crippen LogP contribution in [0.15, 0.2) is 65.0 Å². The van der Waals surface area contributed by atoms with Crippen molar-refractivity contribution in [2.45, 2.75) is 51.4 Å². The molecule has 236 valence electrons. The number of fused-ring (bicyclic) bond motifs is 1. The molecule has 0 radical (unpaired) electrons. The highest BCUT2D eigenvalue weighted by atomic mass is 32.2. The lowest BCUT2D eigenvalue weighted by atomic mass is 10.0. The summed E-state index contributed by atoms with van der Waals surface area (Å²) in [6, 6.07) is 11.1. The topological polar surface area (TPSA) is 139 Å². The minimum atomic E-state index is -3.61. The fourth-order valence-corrected chi connectivity index (χ4v) is 7.62. The molecule has 0 aliphatic carbocycles. The Morgan fingerprint density at radius 3 is 2.69 bits per heavy atom. The molecule has 5 aromatic rings. The van der Waals surface area contributed by atoms with Gasteiger partial charge in [0.15, 0.2) is 11.4 Å². The number of thiophene rings is 1. The van der Waals surface area contributed by atoms with Crippen molar-refractivity contribution in [2.75, 3.05) is 31.1 Å². The van der Waals surface area contributed by atoms with E-state index in [-0.39, 0.29) is 23.6 Å². The Hall–Kier alpha value is -3.98. The number of sulfonamides is 1. The van der Waals surface area contributed by atoms with Crippen molar-refractivity contribution >= 4 is 38.6 Å². The average molecular weight is 649 g/mol. The minimum Gasteiger partial charge on any atom is -0.364 e. The number of anilines is 1. The number of carbonyl (C=O) groups is 1. The molecular weight excluding hydrogens is 613 g/mol. The van der Waals surface area contributed by atoms with E-state index < -0.39 is 10.0 Å². The van der Waals surface area contributed by atoms with E-state index in [0.717, 1.165) is 30.1 Å². The van der Waals surface area contributed by atoms with Crippen LogP contribution >= 0.6 is 11.3 Å². The number of carbonyl (C=O) groups excluding carboxylic acids is 1. The third-order valence-corrected chi connectivity index (χ3v) is 10.4. The van der Waals surface area contributed by atoms with Crippen LogP contribution in [-0.2, 0) is 15.8 Å². The van der Waals surface area contributed by atoms with Gasteiger partial charge in [-0.15, -0.1) is 11.3 Å².